The van der Waals surface area contributed by atoms with Crippen molar-refractivity contribution >= 4 is 29.2 Å². The average molecular weight is 344 g/mol. The molecule has 2 amide bonds. The van der Waals surface area contributed by atoms with Crippen LogP contribution in [0.25, 0.3) is 0 Å². The van der Waals surface area contributed by atoms with Gasteiger partial charge in [0.2, 0.25) is 5.91 Å². The molecule has 0 unspecified atom stereocenters. The van der Waals surface area contributed by atoms with Gasteiger partial charge in [0.05, 0.1) is 17.6 Å². The molecule has 130 valence electrons. The number of rotatable bonds is 4. The lowest BCUT2D eigenvalue weighted by Crippen LogP contribution is -2.36. The van der Waals surface area contributed by atoms with Gasteiger partial charge >= 0.3 is 5.97 Å². The maximum absolute atomic E-state index is 12.8. The van der Waals surface area contributed by atoms with Crippen LogP contribution >= 0.6 is 0 Å². The van der Waals surface area contributed by atoms with Crippen LogP contribution in [0.5, 0.6) is 0 Å². The first-order valence-electron chi connectivity index (χ1n) is 7.73. The number of nitrogens with zero attached hydrogens (tertiary/aromatic N) is 4. The third kappa shape index (κ3) is 2.57. The molecular formula is C16H16N4O5. The Morgan fingerprint density at radius 1 is 1.20 bits per heavy atom. The number of anilines is 1. The van der Waals surface area contributed by atoms with Gasteiger partial charge in [0.25, 0.3) is 5.91 Å². The van der Waals surface area contributed by atoms with E-state index in [2.05, 4.69) is 10.4 Å². The van der Waals surface area contributed by atoms with Crippen LogP contribution < -0.4 is 4.90 Å². The highest BCUT2D eigenvalue weighted by Crippen LogP contribution is 2.36. The van der Waals surface area contributed by atoms with Crippen molar-refractivity contribution in [3.63, 3.8) is 0 Å². The van der Waals surface area contributed by atoms with Crippen molar-refractivity contribution in [3.8, 4) is 0 Å². The molecule has 0 aromatic heterocycles. The third-order valence-corrected chi connectivity index (χ3v) is 4.06. The first-order valence-corrected chi connectivity index (χ1v) is 7.73. The number of aryl methyl sites for hydroxylation is 2. The summed E-state index contributed by atoms with van der Waals surface area (Å²) >= 11 is 0. The van der Waals surface area contributed by atoms with Gasteiger partial charge in [-0.1, -0.05) is 6.07 Å². The van der Waals surface area contributed by atoms with E-state index in [-0.39, 0.29) is 12.3 Å². The number of fused-ring (bicyclic) bond motifs is 1. The van der Waals surface area contributed by atoms with E-state index in [1.807, 2.05) is 19.9 Å². The molecule has 2 aliphatic heterocycles. The normalized spacial score (nSPS) is 22.1. The molecule has 0 bridgehead atoms. The second-order valence-corrected chi connectivity index (χ2v) is 5.89. The minimum atomic E-state index is -1.26. The SMILES string of the molecule is CCOC(=O)C1=NN(N=O)[C@H]2C(=O)N(c3cc(C)cc(C)c3)C(=O)[C@@H]12. The lowest BCUT2D eigenvalue weighted by molar-refractivity contribution is -0.136. The summed E-state index contributed by atoms with van der Waals surface area (Å²) in [6, 6.07) is 4.01. The van der Waals surface area contributed by atoms with Crippen molar-refractivity contribution < 1.29 is 19.1 Å². The van der Waals surface area contributed by atoms with E-state index in [1.54, 1.807) is 19.1 Å². The van der Waals surface area contributed by atoms with E-state index in [9.17, 15) is 19.3 Å². The number of nitroso groups, excluding NO2 is 1. The van der Waals surface area contributed by atoms with Crippen LogP contribution in [0.3, 0.4) is 0 Å². The number of carbonyl (C=O) groups is 3. The summed E-state index contributed by atoms with van der Waals surface area (Å²) in [5.74, 6) is -3.32. The quantitative estimate of drug-likeness (QED) is 0.459. The van der Waals surface area contributed by atoms with Crippen LogP contribution in [0.4, 0.5) is 5.69 Å². The molecule has 0 saturated carbocycles. The van der Waals surface area contributed by atoms with Crippen molar-refractivity contribution in [1.29, 1.82) is 0 Å². The predicted octanol–water partition coefficient (Wildman–Crippen LogP) is 1.08. The first kappa shape index (κ1) is 16.7. The number of carbonyl (C=O) groups excluding carboxylic acids is 3. The van der Waals surface area contributed by atoms with Crippen LogP contribution in [0, 0.1) is 24.7 Å². The fourth-order valence-electron chi connectivity index (χ4n) is 3.17. The maximum atomic E-state index is 12.8. The Bertz CT molecular complexity index is 798. The summed E-state index contributed by atoms with van der Waals surface area (Å²) in [5.41, 5.74) is 1.85. The van der Waals surface area contributed by atoms with E-state index in [0.29, 0.717) is 10.8 Å². The Morgan fingerprint density at radius 3 is 2.40 bits per heavy atom. The molecule has 1 fully saturated rings. The largest absolute Gasteiger partial charge is 0.461 e. The fraction of sp³-hybridized carbons (Fsp3) is 0.375. The molecule has 9 nitrogen and oxygen atoms in total. The van der Waals surface area contributed by atoms with Gasteiger partial charge in [-0.2, -0.15) is 0 Å². The van der Waals surface area contributed by atoms with Gasteiger partial charge < -0.3 is 4.74 Å². The van der Waals surface area contributed by atoms with E-state index < -0.39 is 29.7 Å². The topological polar surface area (TPSA) is 109 Å². The Morgan fingerprint density at radius 2 is 1.84 bits per heavy atom. The lowest BCUT2D eigenvalue weighted by Gasteiger charge is -2.18. The number of hydrogen-bond donors (Lipinski definition) is 0. The number of esters is 1. The van der Waals surface area contributed by atoms with E-state index >= 15 is 0 Å². The number of hydrogen-bond acceptors (Lipinski definition) is 7. The molecule has 1 saturated heterocycles. The lowest BCUT2D eigenvalue weighted by atomic mass is 9.98. The van der Waals surface area contributed by atoms with Crippen molar-refractivity contribution in [2.24, 2.45) is 16.3 Å². The van der Waals surface area contributed by atoms with Gasteiger partial charge in [0.15, 0.2) is 11.8 Å². The van der Waals surface area contributed by atoms with E-state index in [1.165, 1.54) is 0 Å². The van der Waals surface area contributed by atoms with Gasteiger partial charge in [-0.3, -0.25) is 9.59 Å². The molecule has 3 rings (SSSR count). The zero-order valence-corrected chi connectivity index (χ0v) is 13.9. The summed E-state index contributed by atoms with van der Waals surface area (Å²) < 4.78 is 4.87. The second kappa shape index (κ2) is 6.08. The second-order valence-electron chi connectivity index (χ2n) is 5.89. The number of ether oxygens (including phenoxy) is 1. The van der Waals surface area contributed by atoms with Crippen LogP contribution in [0.15, 0.2) is 28.6 Å². The minimum absolute atomic E-state index is 0.0761. The number of benzene rings is 1. The van der Waals surface area contributed by atoms with Crippen LogP contribution in [0.2, 0.25) is 0 Å². The maximum Gasteiger partial charge on any atom is 0.355 e. The highest BCUT2D eigenvalue weighted by Gasteiger charge is 2.59. The predicted molar refractivity (Wildman–Crippen MR) is 87.4 cm³/mol. The molecule has 0 aliphatic carbocycles. The molecule has 2 aliphatic rings. The minimum Gasteiger partial charge on any atom is -0.461 e. The van der Waals surface area contributed by atoms with Gasteiger partial charge in [-0.15, -0.1) is 15.1 Å². The summed E-state index contributed by atoms with van der Waals surface area (Å²) in [6.45, 7) is 5.36. The van der Waals surface area contributed by atoms with Crippen LogP contribution in [-0.4, -0.2) is 41.3 Å². The summed E-state index contributed by atoms with van der Waals surface area (Å²) in [6.07, 6.45) is 0. The zero-order valence-electron chi connectivity index (χ0n) is 13.9. The third-order valence-electron chi connectivity index (χ3n) is 4.06. The van der Waals surface area contributed by atoms with Crippen molar-refractivity contribution in [3.05, 3.63) is 34.2 Å². The number of amides is 2. The molecule has 2 atom stereocenters. The highest BCUT2D eigenvalue weighted by molar-refractivity contribution is 6.46. The number of imide groups is 1. The Hall–Kier alpha value is -3.10. The number of hydrazone groups is 1. The molecule has 1 aromatic carbocycles. The van der Waals surface area contributed by atoms with Crippen molar-refractivity contribution in [1.82, 2.24) is 5.12 Å². The van der Waals surface area contributed by atoms with Gasteiger partial charge in [0, 0.05) is 0 Å². The monoisotopic (exact) mass is 344 g/mol. The van der Waals surface area contributed by atoms with Crippen molar-refractivity contribution in [2.75, 3.05) is 11.5 Å². The molecule has 1 aromatic rings. The summed E-state index contributed by atoms with van der Waals surface area (Å²) in [5, 5.41) is 6.93. The summed E-state index contributed by atoms with van der Waals surface area (Å²) in [7, 11) is 0. The van der Waals surface area contributed by atoms with Gasteiger partial charge in [0.1, 0.15) is 5.92 Å². The van der Waals surface area contributed by atoms with E-state index in [4.69, 9.17) is 4.74 Å². The van der Waals surface area contributed by atoms with Crippen LogP contribution in [-0.2, 0) is 19.1 Å². The molecule has 9 heteroatoms. The van der Waals surface area contributed by atoms with Crippen LogP contribution in [0.1, 0.15) is 18.1 Å². The molecular weight excluding hydrogens is 328 g/mol. The molecule has 25 heavy (non-hydrogen) atoms. The van der Waals surface area contributed by atoms with Gasteiger partial charge in [-0.25, -0.2) is 9.69 Å². The molecule has 2 heterocycles. The molecule has 0 N–H and O–H groups in total. The standard InChI is InChI=1S/C16H16N4O5/c1-4-25-16(23)12-11-13(20(17-12)18-24)15(22)19(14(11)21)10-6-8(2)5-9(3)7-10/h5-7,11,13H,4H2,1-3H3/t11-,13+/m0/s1. The zero-order chi connectivity index (χ0) is 18.3. The first-order chi connectivity index (χ1) is 11.9. The Balaban J connectivity index is 2.03. The summed E-state index contributed by atoms with van der Waals surface area (Å²) in [4.78, 5) is 49.6. The Kier molecular flexibility index (Phi) is 4.07. The molecule has 0 spiro atoms. The average Bonchev–Trinajstić information content (AvgIpc) is 3.04. The van der Waals surface area contributed by atoms with E-state index in [0.717, 1.165) is 16.0 Å². The van der Waals surface area contributed by atoms with Crippen molar-refractivity contribution in [2.45, 2.75) is 26.8 Å². The fourth-order valence-corrected chi connectivity index (χ4v) is 3.17. The van der Waals surface area contributed by atoms with Gasteiger partial charge in [-0.05, 0) is 44.0 Å². The Labute approximate surface area is 143 Å². The molecule has 0 radical (unpaired) electrons. The highest BCUT2D eigenvalue weighted by atomic mass is 16.5. The smallest absolute Gasteiger partial charge is 0.355 e.